The van der Waals surface area contributed by atoms with E-state index in [1.807, 2.05) is 17.0 Å². The van der Waals surface area contributed by atoms with Gasteiger partial charge < -0.3 is 19.0 Å². The van der Waals surface area contributed by atoms with Crippen molar-refractivity contribution >= 4 is 12.0 Å². The second kappa shape index (κ2) is 5.79. The third-order valence-electron chi connectivity index (χ3n) is 4.13. The zero-order valence-corrected chi connectivity index (χ0v) is 12.2. The maximum Gasteiger partial charge on any atom is 0.409 e. The van der Waals surface area contributed by atoms with Gasteiger partial charge in [0.25, 0.3) is 0 Å². The van der Waals surface area contributed by atoms with Gasteiger partial charge in [-0.1, -0.05) is 0 Å². The summed E-state index contributed by atoms with van der Waals surface area (Å²) in [6.45, 7) is 4.42. The van der Waals surface area contributed by atoms with E-state index in [-0.39, 0.29) is 23.8 Å². The normalized spacial score (nSPS) is 24.8. The highest BCUT2D eigenvalue weighted by molar-refractivity contribution is 5.83. The summed E-state index contributed by atoms with van der Waals surface area (Å²) in [4.78, 5) is 27.5. The van der Waals surface area contributed by atoms with Crippen LogP contribution in [-0.2, 0) is 9.53 Å². The fourth-order valence-electron chi connectivity index (χ4n) is 2.84. The lowest BCUT2D eigenvalue weighted by Gasteiger charge is -2.34. The van der Waals surface area contributed by atoms with Gasteiger partial charge in [-0.05, 0) is 25.5 Å². The molecule has 2 amide bonds. The number of carbonyl (C=O) groups excluding carboxylic acids is 2. The quantitative estimate of drug-likeness (QED) is 0.850. The first-order chi connectivity index (χ1) is 10.2. The molecule has 6 nitrogen and oxygen atoms in total. The second-order valence-electron chi connectivity index (χ2n) is 5.48. The molecule has 2 aliphatic rings. The summed E-state index contributed by atoms with van der Waals surface area (Å²) in [7, 11) is 0. The zero-order valence-electron chi connectivity index (χ0n) is 12.2. The number of hydrogen-bond donors (Lipinski definition) is 0. The molecular weight excluding hydrogens is 272 g/mol. The fourth-order valence-corrected chi connectivity index (χ4v) is 2.84. The topological polar surface area (TPSA) is 63.0 Å². The van der Waals surface area contributed by atoms with E-state index in [0.717, 1.165) is 12.2 Å². The number of hydrogen-bond acceptors (Lipinski definition) is 4. The minimum atomic E-state index is -0.288. The molecule has 0 spiro atoms. The number of carbonyl (C=O) groups is 2. The number of piperazine rings is 1. The van der Waals surface area contributed by atoms with Crippen molar-refractivity contribution in [2.24, 2.45) is 5.92 Å². The number of ether oxygens (including phenoxy) is 1. The maximum atomic E-state index is 12.4. The van der Waals surface area contributed by atoms with Gasteiger partial charge in [0.1, 0.15) is 5.76 Å². The van der Waals surface area contributed by atoms with Gasteiger partial charge in [-0.15, -0.1) is 0 Å². The van der Waals surface area contributed by atoms with Gasteiger partial charge in [-0.3, -0.25) is 4.79 Å². The van der Waals surface area contributed by atoms with E-state index in [1.165, 1.54) is 0 Å². The third kappa shape index (κ3) is 2.89. The molecular formula is C15H20N2O4. The smallest absolute Gasteiger partial charge is 0.409 e. The number of rotatable bonds is 3. The molecule has 21 heavy (non-hydrogen) atoms. The van der Waals surface area contributed by atoms with E-state index in [1.54, 1.807) is 18.1 Å². The summed E-state index contributed by atoms with van der Waals surface area (Å²) >= 11 is 0. The molecule has 1 aromatic rings. The van der Waals surface area contributed by atoms with Gasteiger partial charge in [0.15, 0.2) is 0 Å². The van der Waals surface area contributed by atoms with Gasteiger partial charge in [-0.25, -0.2) is 4.79 Å². The van der Waals surface area contributed by atoms with Crippen LogP contribution in [0.4, 0.5) is 4.79 Å². The fraction of sp³-hybridized carbons (Fsp3) is 0.600. The van der Waals surface area contributed by atoms with E-state index in [4.69, 9.17) is 9.15 Å². The first kappa shape index (κ1) is 14.0. The van der Waals surface area contributed by atoms with Crippen LogP contribution in [0, 0.1) is 5.92 Å². The summed E-state index contributed by atoms with van der Waals surface area (Å²) < 4.78 is 10.3. The Bertz CT molecular complexity index is 506. The standard InChI is InChI=1S/C15H20N2O4/c1-2-20-15(19)17-7-5-16(6-8-17)14(18)12-10-11(12)13-4-3-9-21-13/h3-4,9,11-12H,2,5-8,10H2,1H3/t11-,12+/m0/s1. The van der Waals surface area contributed by atoms with Crippen molar-refractivity contribution in [3.05, 3.63) is 24.2 Å². The van der Waals surface area contributed by atoms with E-state index in [0.29, 0.717) is 32.8 Å². The average molecular weight is 292 g/mol. The molecule has 1 saturated carbocycles. The molecule has 0 bridgehead atoms. The van der Waals surface area contributed by atoms with Gasteiger partial charge in [0, 0.05) is 38.0 Å². The van der Waals surface area contributed by atoms with Crippen LogP contribution < -0.4 is 0 Å². The van der Waals surface area contributed by atoms with Crippen LogP contribution >= 0.6 is 0 Å². The molecule has 1 aliphatic carbocycles. The SMILES string of the molecule is CCOC(=O)N1CCN(C(=O)[C@@H]2C[C@@H]2c2ccco2)CC1. The largest absolute Gasteiger partial charge is 0.469 e. The molecule has 2 heterocycles. The first-order valence-electron chi connectivity index (χ1n) is 7.44. The summed E-state index contributed by atoms with van der Waals surface area (Å²) in [5.41, 5.74) is 0. The molecule has 1 aliphatic heterocycles. The van der Waals surface area contributed by atoms with Gasteiger partial charge in [0.05, 0.1) is 12.9 Å². The minimum absolute atomic E-state index is 0.0466. The van der Waals surface area contributed by atoms with E-state index >= 15 is 0 Å². The van der Waals surface area contributed by atoms with Crippen molar-refractivity contribution in [2.45, 2.75) is 19.3 Å². The summed E-state index contributed by atoms with van der Waals surface area (Å²) in [6, 6.07) is 3.78. The summed E-state index contributed by atoms with van der Waals surface area (Å²) in [6.07, 6.45) is 2.22. The van der Waals surface area contributed by atoms with Crippen molar-refractivity contribution in [2.75, 3.05) is 32.8 Å². The predicted molar refractivity (Wildman–Crippen MR) is 74.7 cm³/mol. The maximum absolute atomic E-state index is 12.4. The Morgan fingerprint density at radius 2 is 2.00 bits per heavy atom. The highest BCUT2D eigenvalue weighted by Gasteiger charge is 2.47. The van der Waals surface area contributed by atoms with Gasteiger partial charge in [0.2, 0.25) is 5.91 Å². The van der Waals surface area contributed by atoms with Crippen LogP contribution in [-0.4, -0.2) is 54.6 Å². The monoisotopic (exact) mass is 292 g/mol. The zero-order chi connectivity index (χ0) is 14.8. The Morgan fingerprint density at radius 3 is 2.62 bits per heavy atom. The lowest BCUT2D eigenvalue weighted by Crippen LogP contribution is -2.51. The molecule has 2 atom stereocenters. The molecule has 0 aromatic carbocycles. The molecule has 1 aromatic heterocycles. The number of nitrogens with zero attached hydrogens (tertiary/aromatic N) is 2. The second-order valence-corrected chi connectivity index (χ2v) is 5.48. The van der Waals surface area contributed by atoms with Crippen molar-refractivity contribution in [3.8, 4) is 0 Å². The molecule has 0 N–H and O–H groups in total. The van der Waals surface area contributed by atoms with Crippen molar-refractivity contribution in [1.29, 1.82) is 0 Å². The Kier molecular flexibility index (Phi) is 3.86. The number of furan rings is 1. The molecule has 114 valence electrons. The van der Waals surface area contributed by atoms with Crippen LogP contribution in [0.2, 0.25) is 0 Å². The minimum Gasteiger partial charge on any atom is -0.469 e. The van der Waals surface area contributed by atoms with E-state index < -0.39 is 0 Å². The van der Waals surface area contributed by atoms with Crippen LogP contribution in [0.15, 0.2) is 22.8 Å². The van der Waals surface area contributed by atoms with E-state index in [9.17, 15) is 9.59 Å². The van der Waals surface area contributed by atoms with Crippen molar-refractivity contribution < 1.29 is 18.7 Å². The Labute approximate surface area is 123 Å². The average Bonchev–Trinajstić information content (AvgIpc) is 3.12. The Hall–Kier alpha value is -1.98. The number of amides is 2. The first-order valence-corrected chi connectivity index (χ1v) is 7.44. The van der Waals surface area contributed by atoms with Gasteiger partial charge >= 0.3 is 6.09 Å². The third-order valence-corrected chi connectivity index (χ3v) is 4.13. The van der Waals surface area contributed by atoms with Crippen LogP contribution in [0.5, 0.6) is 0 Å². The van der Waals surface area contributed by atoms with Crippen LogP contribution in [0.25, 0.3) is 0 Å². The Morgan fingerprint density at radius 1 is 1.29 bits per heavy atom. The van der Waals surface area contributed by atoms with Crippen molar-refractivity contribution in [1.82, 2.24) is 9.80 Å². The highest BCUT2D eigenvalue weighted by Crippen LogP contribution is 2.48. The highest BCUT2D eigenvalue weighted by atomic mass is 16.6. The molecule has 0 radical (unpaired) electrons. The molecule has 3 rings (SSSR count). The summed E-state index contributed by atoms with van der Waals surface area (Å²) in [5.74, 6) is 1.36. The van der Waals surface area contributed by atoms with Gasteiger partial charge in [-0.2, -0.15) is 0 Å². The van der Waals surface area contributed by atoms with Crippen LogP contribution in [0.1, 0.15) is 25.0 Å². The molecule has 1 saturated heterocycles. The lowest BCUT2D eigenvalue weighted by atomic mass is 10.2. The van der Waals surface area contributed by atoms with E-state index in [2.05, 4.69) is 0 Å². The molecule has 6 heteroatoms. The predicted octanol–water partition coefficient (Wildman–Crippen LogP) is 1.68. The summed E-state index contributed by atoms with van der Waals surface area (Å²) in [5, 5.41) is 0. The lowest BCUT2D eigenvalue weighted by molar-refractivity contribution is -0.134. The van der Waals surface area contributed by atoms with Crippen LogP contribution in [0.3, 0.4) is 0 Å². The molecule has 2 fully saturated rings. The van der Waals surface area contributed by atoms with Crippen molar-refractivity contribution in [3.63, 3.8) is 0 Å². The molecule has 0 unspecified atom stereocenters. The Balaban J connectivity index is 1.49.